The van der Waals surface area contributed by atoms with Crippen LogP contribution in [-0.2, 0) is 17.9 Å². The van der Waals surface area contributed by atoms with Gasteiger partial charge in [-0.1, -0.05) is 32.4 Å². The zero-order chi connectivity index (χ0) is 27.1. The van der Waals surface area contributed by atoms with E-state index < -0.39 is 40.7 Å². The lowest BCUT2D eigenvalue weighted by Gasteiger charge is -2.31. The van der Waals surface area contributed by atoms with Crippen molar-refractivity contribution in [1.82, 2.24) is 30.2 Å². The van der Waals surface area contributed by atoms with E-state index in [4.69, 9.17) is 11.6 Å². The fourth-order valence-electron chi connectivity index (χ4n) is 4.15. The van der Waals surface area contributed by atoms with Crippen LogP contribution >= 0.6 is 11.6 Å². The maximum atomic E-state index is 14.7. The number of anilines is 1. The second-order valence-corrected chi connectivity index (χ2v) is 10.0. The maximum absolute atomic E-state index is 14.7. The molecule has 1 aliphatic rings. The fraction of sp³-hybridized carbons (Fsp3) is 0.375. The van der Waals surface area contributed by atoms with Gasteiger partial charge in [0.15, 0.2) is 17.3 Å². The minimum Gasteiger partial charge on any atom is -0.357 e. The Morgan fingerprint density at radius 1 is 1.05 bits per heavy atom. The molecule has 1 aromatic carbocycles. The van der Waals surface area contributed by atoms with Crippen LogP contribution in [0.4, 0.5) is 19.0 Å². The summed E-state index contributed by atoms with van der Waals surface area (Å²) < 4.78 is 44.0. The molecule has 2 aromatic heterocycles. The molecule has 196 valence electrons. The average Bonchev–Trinajstić information content (AvgIpc) is 3.22. The number of nitrogens with zero attached hydrogens (tertiary/aromatic N) is 5. The molecule has 3 aromatic rings. The standard InChI is InChI=1S/C24H25ClF3N7O2/c1-24(2,3)20(23(37)29-4)33-22(36)19-16-11-34(18-10-30-9-17(25)31-18)5-6-35(16)21(32-19)12-7-14(27)15(28)8-13(12)26/h7-10,20H,5-6,11H2,1-4H3,(H,29,37)(H,33,36)/t20-/m1/s1. The molecule has 0 radical (unpaired) electrons. The van der Waals surface area contributed by atoms with E-state index in [2.05, 4.69) is 25.6 Å². The number of fused-ring (bicyclic) bond motifs is 1. The van der Waals surface area contributed by atoms with Crippen LogP contribution in [-0.4, -0.2) is 51.0 Å². The molecule has 0 fully saturated rings. The Morgan fingerprint density at radius 3 is 2.41 bits per heavy atom. The molecule has 0 spiro atoms. The van der Waals surface area contributed by atoms with Crippen LogP contribution in [0.1, 0.15) is 37.0 Å². The van der Waals surface area contributed by atoms with Crippen molar-refractivity contribution in [3.05, 3.63) is 58.5 Å². The van der Waals surface area contributed by atoms with Crippen LogP contribution in [0, 0.1) is 22.9 Å². The van der Waals surface area contributed by atoms with Crippen LogP contribution < -0.4 is 15.5 Å². The first-order valence-corrected chi connectivity index (χ1v) is 11.8. The van der Waals surface area contributed by atoms with Gasteiger partial charge in [-0.3, -0.25) is 14.6 Å². The van der Waals surface area contributed by atoms with E-state index in [-0.39, 0.29) is 35.3 Å². The molecule has 37 heavy (non-hydrogen) atoms. The highest BCUT2D eigenvalue weighted by molar-refractivity contribution is 6.29. The number of hydrogen-bond donors (Lipinski definition) is 2. The van der Waals surface area contributed by atoms with Crippen molar-refractivity contribution < 1.29 is 22.8 Å². The fourth-order valence-corrected chi connectivity index (χ4v) is 4.29. The first kappa shape index (κ1) is 26.4. The lowest BCUT2D eigenvalue weighted by molar-refractivity contribution is -0.124. The summed E-state index contributed by atoms with van der Waals surface area (Å²) in [6, 6.07) is 0.229. The minimum atomic E-state index is -1.34. The van der Waals surface area contributed by atoms with Crippen molar-refractivity contribution in [2.75, 3.05) is 18.5 Å². The number of amides is 2. The molecule has 4 rings (SSSR count). The minimum absolute atomic E-state index is 0.0411. The summed E-state index contributed by atoms with van der Waals surface area (Å²) in [6.07, 6.45) is 2.89. The lowest BCUT2D eigenvalue weighted by Crippen LogP contribution is -2.53. The van der Waals surface area contributed by atoms with Gasteiger partial charge in [-0.2, -0.15) is 0 Å². The topological polar surface area (TPSA) is 105 Å². The van der Waals surface area contributed by atoms with Crippen molar-refractivity contribution in [2.24, 2.45) is 5.41 Å². The van der Waals surface area contributed by atoms with Gasteiger partial charge in [0.2, 0.25) is 5.91 Å². The third-order valence-corrected chi connectivity index (χ3v) is 6.22. The quantitative estimate of drug-likeness (QED) is 0.486. The first-order valence-electron chi connectivity index (χ1n) is 11.4. The Bertz CT molecular complexity index is 1370. The number of imidazole rings is 1. The van der Waals surface area contributed by atoms with E-state index in [0.29, 0.717) is 30.2 Å². The highest BCUT2D eigenvalue weighted by atomic mass is 35.5. The number of carbonyl (C=O) groups excluding carboxylic acids is 2. The van der Waals surface area contributed by atoms with E-state index in [1.54, 1.807) is 30.2 Å². The van der Waals surface area contributed by atoms with Gasteiger partial charge in [0, 0.05) is 26.2 Å². The summed E-state index contributed by atoms with van der Waals surface area (Å²) in [5, 5.41) is 5.43. The third kappa shape index (κ3) is 5.24. The molecular weight excluding hydrogens is 511 g/mol. The summed E-state index contributed by atoms with van der Waals surface area (Å²) in [5.41, 5.74) is -0.660. The number of benzene rings is 1. The van der Waals surface area contributed by atoms with E-state index in [1.165, 1.54) is 19.4 Å². The zero-order valence-electron chi connectivity index (χ0n) is 20.6. The van der Waals surface area contributed by atoms with E-state index in [0.717, 1.165) is 0 Å². The van der Waals surface area contributed by atoms with Gasteiger partial charge in [-0.05, 0) is 11.5 Å². The summed E-state index contributed by atoms with van der Waals surface area (Å²) in [7, 11) is 1.46. The molecule has 0 bridgehead atoms. The molecule has 9 nitrogen and oxygen atoms in total. The summed E-state index contributed by atoms with van der Waals surface area (Å²) in [4.78, 5) is 40.4. The summed E-state index contributed by atoms with van der Waals surface area (Å²) in [5.74, 6) is -4.30. The largest absolute Gasteiger partial charge is 0.357 e. The van der Waals surface area contributed by atoms with E-state index in [1.807, 2.05) is 0 Å². The molecule has 0 aliphatic carbocycles. The van der Waals surface area contributed by atoms with Crippen LogP contribution in [0.25, 0.3) is 11.4 Å². The van der Waals surface area contributed by atoms with Gasteiger partial charge in [0.1, 0.15) is 28.7 Å². The molecule has 13 heteroatoms. The Labute approximate surface area is 216 Å². The predicted molar refractivity (Wildman–Crippen MR) is 130 cm³/mol. The molecular formula is C24H25ClF3N7O2. The average molecular weight is 536 g/mol. The smallest absolute Gasteiger partial charge is 0.272 e. The molecule has 1 atom stereocenters. The summed E-state index contributed by atoms with van der Waals surface area (Å²) >= 11 is 5.99. The van der Waals surface area contributed by atoms with Crippen molar-refractivity contribution in [2.45, 2.75) is 39.9 Å². The molecule has 0 saturated carbocycles. The number of carbonyl (C=O) groups is 2. The van der Waals surface area contributed by atoms with Crippen LogP contribution in [0.15, 0.2) is 24.5 Å². The van der Waals surface area contributed by atoms with E-state index in [9.17, 15) is 22.8 Å². The maximum Gasteiger partial charge on any atom is 0.272 e. The van der Waals surface area contributed by atoms with Gasteiger partial charge in [0.25, 0.3) is 5.91 Å². The summed E-state index contributed by atoms with van der Waals surface area (Å²) in [6.45, 7) is 6.05. The SMILES string of the molecule is CNC(=O)[C@@H](NC(=O)c1nc(-c2cc(F)c(F)cc2F)n2c1CN(c1cncc(Cl)n1)CC2)C(C)(C)C. The Kier molecular flexibility index (Phi) is 7.13. The van der Waals surface area contributed by atoms with Gasteiger partial charge in [-0.15, -0.1) is 0 Å². The Balaban J connectivity index is 1.81. The monoisotopic (exact) mass is 535 g/mol. The van der Waals surface area contributed by atoms with Gasteiger partial charge < -0.3 is 20.1 Å². The number of aromatic nitrogens is 4. The zero-order valence-corrected chi connectivity index (χ0v) is 21.3. The van der Waals surface area contributed by atoms with Gasteiger partial charge >= 0.3 is 0 Å². The molecule has 3 heterocycles. The highest BCUT2D eigenvalue weighted by Gasteiger charge is 2.36. The third-order valence-electron chi connectivity index (χ3n) is 6.04. The number of rotatable bonds is 5. The first-order chi connectivity index (χ1) is 17.4. The number of hydrogen-bond acceptors (Lipinski definition) is 6. The van der Waals surface area contributed by atoms with Crippen molar-refractivity contribution >= 4 is 29.2 Å². The van der Waals surface area contributed by atoms with Crippen molar-refractivity contribution in [3.63, 3.8) is 0 Å². The molecule has 1 aliphatic heterocycles. The highest BCUT2D eigenvalue weighted by Crippen LogP contribution is 2.31. The van der Waals surface area contributed by atoms with Gasteiger partial charge in [0.05, 0.1) is 30.2 Å². The van der Waals surface area contributed by atoms with Crippen LogP contribution in [0.2, 0.25) is 5.15 Å². The molecule has 2 amide bonds. The normalized spacial score (nSPS) is 14.2. The number of halogens is 4. The molecule has 0 saturated heterocycles. The number of likely N-dealkylation sites (N-methyl/N-ethyl adjacent to an activating group) is 1. The second-order valence-electron chi connectivity index (χ2n) is 9.64. The molecule has 0 unspecified atom stereocenters. The second kappa shape index (κ2) is 10.0. The molecule has 2 N–H and O–H groups in total. The van der Waals surface area contributed by atoms with E-state index >= 15 is 0 Å². The van der Waals surface area contributed by atoms with Crippen LogP contribution in [0.3, 0.4) is 0 Å². The predicted octanol–water partition coefficient (Wildman–Crippen LogP) is 3.32. The number of nitrogens with one attached hydrogen (secondary N) is 2. The van der Waals surface area contributed by atoms with Crippen LogP contribution in [0.5, 0.6) is 0 Å². The van der Waals surface area contributed by atoms with Crippen molar-refractivity contribution in [1.29, 1.82) is 0 Å². The van der Waals surface area contributed by atoms with Crippen molar-refractivity contribution in [3.8, 4) is 11.4 Å². The Morgan fingerprint density at radius 2 is 1.76 bits per heavy atom. The Hall–Kier alpha value is -3.67. The lowest BCUT2D eigenvalue weighted by atomic mass is 9.86. The van der Waals surface area contributed by atoms with Gasteiger partial charge in [-0.25, -0.2) is 23.1 Å².